The van der Waals surface area contributed by atoms with E-state index < -0.39 is 27.4 Å². The van der Waals surface area contributed by atoms with Gasteiger partial charge >= 0.3 is 0 Å². The minimum Gasteiger partial charge on any atom is -0.242 e. The second kappa shape index (κ2) is 5.23. The average molecular weight is 261 g/mol. The second-order valence-corrected chi connectivity index (χ2v) is 6.92. The minimum atomic E-state index is -1.28. The third-order valence-corrected chi connectivity index (χ3v) is 3.90. The van der Waals surface area contributed by atoms with Gasteiger partial charge < -0.3 is 0 Å². The van der Waals surface area contributed by atoms with Crippen LogP contribution >= 0.6 is 0 Å². The first-order valence-corrected chi connectivity index (χ1v) is 6.49. The van der Waals surface area contributed by atoms with E-state index in [-0.39, 0.29) is 6.04 Å². The maximum Gasteiger partial charge on any atom is 0.126 e. The maximum absolute atomic E-state index is 13.0. The molecule has 0 heterocycles. The highest BCUT2D eigenvalue weighted by atomic mass is 32.2. The van der Waals surface area contributed by atoms with Crippen molar-refractivity contribution >= 4 is 11.0 Å². The maximum atomic E-state index is 13.0. The summed E-state index contributed by atoms with van der Waals surface area (Å²) < 4.78 is 40.3. The molecular formula is C12H17F2NOS. The molecular weight excluding hydrogens is 244 g/mol. The summed E-state index contributed by atoms with van der Waals surface area (Å²) in [5.41, 5.74) is 0.445. The van der Waals surface area contributed by atoms with Crippen molar-refractivity contribution < 1.29 is 13.0 Å². The molecule has 96 valence electrons. The van der Waals surface area contributed by atoms with E-state index in [9.17, 15) is 13.0 Å². The van der Waals surface area contributed by atoms with Gasteiger partial charge in [-0.2, -0.15) is 0 Å². The second-order valence-electron chi connectivity index (χ2n) is 4.92. The van der Waals surface area contributed by atoms with Crippen molar-refractivity contribution in [3.63, 3.8) is 0 Å². The molecule has 0 saturated heterocycles. The summed E-state index contributed by atoms with van der Waals surface area (Å²) in [6.45, 7) is 7.21. The largest absolute Gasteiger partial charge is 0.242 e. The van der Waals surface area contributed by atoms with Gasteiger partial charge in [0.25, 0.3) is 0 Å². The summed E-state index contributed by atoms with van der Waals surface area (Å²) in [6, 6.07) is 2.92. The van der Waals surface area contributed by atoms with Gasteiger partial charge in [-0.1, -0.05) is 0 Å². The molecule has 1 N–H and O–H groups in total. The van der Waals surface area contributed by atoms with Crippen LogP contribution in [0, 0.1) is 11.6 Å². The van der Waals surface area contributed by atoms with Gasteiger partial charge in [0.05, 0.1) is 15.7 Å². The van der Waals surface area contributed by atoms with Gasteiger partial charge in [0.2, 0.25) is 0 Å². The number of benzene rings is 1. The van der Waals surface area contributed by atoms with Crippen LogP contribution < -0.4 is 4.72 Å². The lowest BCUT2D eigenvalue weighted by atomic mass is 10.1. The molecule has 5 heteroatoms. The van der Waals surface area contributed by atoms with Gasteiger partial charge in [0.1, 0.15) is 11.6 Å². The summed E-state index contributed by atoms with van der Waals surface area (Å²) in [5, 5.41) is 0. The van der Waals surface area contributed by atoms with E-state index in [1.807, 2.05) is 20.8 Å². The lowest BCUT2D eigenvalue weighted by Crippen LogP contribution is -2.34. The molecule has 0 radical (unpaired) electrons. The van der Waals surface area contributed by atoms with Crippen LogP contribution in [0.2, 0.25) is 0 Å². The first-order chi connectivity index (χ1) is 7.70. The number of halogens is 2. The Labute approximate surface area is 103 Å². The molecule has 0 aliphatic heterocycles. The molecule has 17 heavy (non-hydrogen) atoms. The number of nitrogens with one attached hydrogen (secondary N) is 1. The normalized spacial score (nSPS) is 15.6. The van der Waals surface area contributed by atoms with Crippen molar-refractivity contribution in [3.05, 3.63) is 35.4 Å². The molecule has 2 nitrogen and oxygen atoms in total. The van der Waals surface area contributed by atoms with E-state index in [1.54, 1.807) is 6.92 Å². The highest BCUT2D eigenvalue weighted by Crippen LogP contribution is 2.18. The van der Waals surface area contributed by atoms with Crippen molar-refractivity contribution in [2.24, 2.45) is 0 Å². The monoisotopic (exact) mass is 261 g/mol. The molecule has 0 aliphatic carbocycles. The molecule has 1 aromatic carbocycles. The Hall–Kier alpha value is -0.810. The van der Waals surface area contributed by atoms with Crippen LogP contribution in [-0.2, 0) is 11.0 Å². The Morgan fingerprint density at radius 2 is 1.65 bits per heavy atom. The van der Waals surface area contributed by atoms with Crippen LogP contribution in [0.4, 0.5) is 8.78 Å². The lowest BCUT2D eigenvalue weighted by molar-refractivity contribution is 0.570. The van der Waals surface area contributed by atoms with E-state index in [0.29, 0.717) is 5.56 Å². The zero-order chi connectivity index (χ0) is 13.2. The van der Waals surface area contributed by atoms with Gasteiger partial charge in [0, 0.05) is 12.1 Å². The summed E-state index contributed by atoms with van der Waals surface area (Å²) in [5.74, 6) is -1.26. The standard InChI is InChI=1S/C12H17F2NOS/c1-8(15-17(16)12(2,3)4)9-5-10(13)7-11(14)6-9/h5-8,15H,1-4H3/t8-,17-/m0/s1. The van der Waals surface area contributed by atoms with Gasteiger partial charge in [-0.25, -0.2) is 17.7 Å². The zero-order valence-corrected chi connectivity index (χ0v) is 11.2. The molecule has 0 fully saturated rings. The molecule has 0 aromatic heterocycles. The summed E-state index contributed by atoms with van der Waals surface area (Å²) in [7, 11) is -1.28. The summed E-state index contributed by atoms with van der Waals surface area (Å²) in [4.78, 5) is 0. The Morgan fingerprint density at radius 1 is 1.18 bits per heavy atom. The SMILES string of the molecule is C[C@H](N[S@@](=O)C(C)(C)C)c1cc(F)cc(F)c1. The molecule has 0 bridgehead atoms. The van der Waals surface area contributed by atoms with Gasteiger partial charge in [0.15, 0.2) is 0 Å². The van der Waals surface area contributed by atoms with Crippen LogP contribution in [0.3, 0.4) is 0 Å². The Balaban J connectivity index is 2.83. The quantitative estimate of drug-likeness (QED) is 0.890. The predicted molar refractivity (Wildman–Crippen MR) is 65.8 cm³/mol. The third-order valence-electron chi connectivity index (χ3n) is 2.22. The average Bonchev–Trinajstić information content (AvgIpc) is 2.14. The van der Waals surface area contributed by atoms with Crippen LogP contribution in [0.25, 0.3) is 0 Å². The first-order valence-electron chi connectivity index (χ1n) is 5.34. The van der Waals surface area contributed by atoms with E-state index >= 15 is 0 Å². The van der Waals surface area contributed by atoms with Gasteiger partial charge in [-0.3, -0.25) is 0 Å². The van der Waals surface area contributed by atoms with Crippen molar-refractivity contribution in [3.8, 4) is 0 Å². The molecule has 0 unspecified atom stereocenters. The van der Waals surface area contributed by atoms with Crippen LogP contribution in [-0.4, -0.2) is 8.96 Å². The smallest absolute Gasteiger partial charge is 0.126 e. The Kier molecular flexibility index (Phi) is 4.38. The molecule has 0 aliphatic rings. The van der Waals surface area contributed by atoms with Crippen molar-refractivity contribution in [2.45, 2.75) is 38.5 Å². The molecule has 1 rings (SSSR count). The molecule has 0 spiro atoms. The van der Waals surface area contributed by atoms with Crippen molar-refractivity contribution in [2.75, 3.05) is 0 Å². The van der Waals surface area contributed by atoms with Crippen LogP contribution in [0.15, 0.2) is 18.2 Å². The van der Waals surface area contributed by atoms with E-state index in [4.69, 9.17) is 0 Å². The fourth-order valence-corrected chi connectivity index (χ4v) is 2.04. The molecule has 0 amide bonds. The Bertz CT molecular complexity index is 409. The predicted octanol–water partition coefficient (Wildman–Crippen LogP) is 3.08. The van der Waals surface area contributed by atoms with Gasteiger partial charge in [-0.05, 0) is 45.4 Å². The fraction of sp³-hybridized carbons (Fsp3) is 0.500. The topological polar surface area (TPSA) is 29.1 Å². The van der Waals surface area contributed by atoms with E-state index in [0.717, 1.165) is 6.07 Å². The summed E-state index contributed by atoms with van der Waals surface area (Å²) >= 11 is 0. The first kappa shape index (κ1) is 14.3. The Morgan fingerprint density at radius 3 is 2.06 bits per heavy atom. The van der Waals surface area contributed by atoms with Gasteiger partial charge in [-0.15, -0.1) is 0 Å². The molecule has 0 saturated carbocycles. The van der Waals surface area contributed by atoms with Crippen molar-refractivity contribution in [1.29, 1.82) is 0 Å². The summed E-state index contributed by atoms with van der Waals surface area (Å²) in [6.07, 6.45) is 0. The van der Waals surface area contributed by atoms with E-state index in [1.165, 1.54) is 12.1 Å². The zero-order valence-electron chi connectivity index (χ0n) is 10.4. The van der Waals surface area contributed by atoms with E-state index in [2.05, 4.69) is 4.72 Å². The van der Waals surface area contributed by atoms with Crippen molar-refractivity contribution in [1.82, 2.24) is 4.72 Å². The third kappa shape index (κ3) is 4.16. The number of hydrogen-bond donors (Lipinski definition) is 1. The van der Waals surface area contributed by atoms with Crippen LogP contribution in [0.1, 0.15) is 39.3 Å². The highest BCUT2D eigenvalue weighted by Gasteiger charge is 2.22. The molecule has 1 aromatic rings. The minimum absolute atomic E-state index is 0.375. The molecule has 2 atom stereocenters. The highest BCUT2D eigenvalue weighted by molar-refractivity contribution is 7.84. The number of hydrogen-bond acceptors (Lipinski definition) is 1. The number of rotatable bonds is 3. The fourth-order valence-electron chi connectivity index (χ4n) is 1.23. The lowest BCUT2D eigenvalue weighted by Gasteiger charge is -2.22. The van der Waals surface area contributed by atoms with Crippen LogP contribution in [0.5, 0.6) is 0 Å².